The molecular weight excluding hydrogens is 427 g/mol. The normalized spacial score (nSPS) is 26.2. The number of hydrogen-bond donors (Lipinski definition) is 0. The SMILES string of the molecule is CC1CCC(C2CCC(c3cc(F)c(OCc4cc(F)c(F)c(F)c4)c(F)c3)OC2)CC1. The molecule has 1 aliphatic carbocycles. The standard InChI is InChI=1S/C25H27F5O2/c1-14-2-4-16(5-3-14)17-6-7-23(31-13-17)18-10-21(28)25(22(29)11-18)32-12-15-8-19(26)24(30)20(27)9-15/h8-11,14,16-17,23H,2-7,12-13H2,1H3. The summed E-state index contributed by atoms with van der Waals surface area (Å²) in [5.41, 5.74) is 0.324. The van der Waals surface area contributed by atoms with Gasteiger partial charge in [0.05, 0.1) is 12.7 Å². The molecule has 1 heterocycles. The first-order valence-corrected chi connectivity index (χ1v) is 11.2. The third-order valence-corrected chi connectivity index (χ3v) is 6.86. The smallest absolute Gasteiger partial charge is 0.194 e. The molecule has 1 saturated heterocycles. The van der Waals surface area contributed by atoms with Crippen LogP contribution in [-0.4, -0.2) is 6.61 Å². The Morgan fingerprint density at radius 3 is 1.94 bits per heavy atom. The van der Waals surface area contributed by atoms with Crippen LogP contribution in [0.15, 0.2) is 24.3 Å². The minimum Gasteiger partial charge on any atom is -0.483 e. The van der Waals surface area contributed by atoms with Crippen LogP contribution in [0.5, 0.6) is 5.75 Å². The first-order chi connectivity index (χ1) is 15.3. The Balaban J connectivity index is 1.38. The Labute approximate surface area is 184 Å². The molecule has 1 saturated carbocycles. The van der Waals surface area contributed by atoms with E-state index < -0.39 is 41.4 Å². The topological polar surface area (TPSA) is 18.5 Å². The predicted octanol–water partition coefficient (Wildman–Crippen LogP) is 7.26. The zero-order valence-corrected chi connectivity index (χ0v) is 18.0. The van der Waals surface area contributed by atoms with Crippen LogP contribution in [0.4, 0.5) is 22.0 Å². The summed E-state index contributed by atoms with van der Waals surface area (Å²) in [6.45, 7) is 2.37. The van der Waals surface area contributed by atoms with Gasteiger partial charge in [0.15, 0.2) is 34.8 Å². The lowest BCUT2D eigenvalue weighted by atomic mass is 9.74. The highest BCUT2D eigenvalue weighted by molar-refractivity contribution is 5.33. The molecule has 2 unspecified atom stereocenters. The predicted molar refractivity (Wildman–Crippen MR) is 110 cm³/mol. The molecule has 2 atom stereocenters. The summed E-state index contributed by atoms with van der Waals surface area (Å²) < 4.78 is 79.9. The zero-order valence-electron chi connectivity index (χ0n) is 18.0. The summed E-state index contributed by atoms with van der Waals surface area (Å²) >= 11 is 0. The van der Waals surface area contributed by atoms with Crippen molar-refractivity contribution in [1.29, 1.82) is 0 Å². The Kier molecular flexibility index (Phi) is 7.03. The second-order valence-electron chi connectivity index (χ2n) is 9.16. The lowest BCUT2D eigenvalue weighted by molar-refractivity contribution is -0.0402. The largest absolute Gasteiger partial charge is 0.483 e. The Morgan fingerprint density at radius 1 is 0.781 bits per heavy atom. The van der Waals surface area contributed by atoms with Crippen molar-refractivity contribution in [1.82, 2.24) is 0 Å². The molecule has 7 heteroatoms. The quantitative estimate of drug-likeness (QED) is 0.350. The van der Waals surface area contributed by atoms with Crippen LogP contribution >= 0.6 is 0 Å². The summed E-state index contributed by atoms with van der Waals surface area (Å²) in [6.07, 6.45) is 6.22. The van der Waals surface area contributed by atoms with Gasteiger partial charge >= 0.3 is 0 Å². The second kappa shape index (κ2) is 9.77. The highest BCUT2D eigenvalue weighted by Gasteiger charge is 2.31. The van der Waals surface area contributed by atoms with Crippen LogP contribution in [0.1, 0.15) is 62.7 Å². The fourth-order valence-electron chi connectivity index (χ4n) is 4.91. The monoisotopic (exact) mass is 454 g/mol. The molecule has 2 fully saturated rings. The van der Waals surface area contributed by atoms with Gasteiger partial charge in [-0.25, -0.2) is 22.0 Å². The maximum absolute atomic E-state index is 14.6. The van der Waals surface area contributed by atoms with Crippen LogP contribution in [0.25, 0.3) is 0 Å². The van der Waals surface area contributed by atoms with Gasteiger partial charge in [0, 0.05) is 0 Å². The van der Waals surface area contributed by atoms with Crippen molar-refractivity contribution < 1.29 is 31.4 Å². The van der Waals surface area contributed by atoms with Crippen molar-refractivity contribution in [2.24, 2.45) is 17.8 Å². The van der Waals surface area contributed by atoms with Gasteiger partial charge in [-0.1, -0.05) is 19.8 Å². The van der Waals surface area contributed by atoms with E-state index in [1.165, 1.54) is 37.8 Å². The Morgan fingerprint density at radius 2 is 1.38 bits per heavy atom. The molecule has 0 amide bonds. The number of rotatable bonds is 5. The number of halogens is 5. The van der Waals surface area contributed by atoms with Gasteiger partial charge < -0.3 is 9.47 Å². The van der Waals surface area contributed by atoms with E-state index >= 15 is 0 Å². The summed E-state index contributed by atoms with van der Waals surface area (Å²) in [5, 5.41) is 0. The molecule has 0 spiro atoms. The first-order valence-electron chi connectivity index (χ1n) is 11.2. The van der Waals surface area contributed by atoms with E-state index in [9.17, 15) is 22.0 Å². The van der Waals surface area contributed by atoms with Crippen LogP contribution in [0, 0.1) is 46.8 Å². The van der Waals surface area contributed by atoms with Crippen LogP contribution < -0.4 is 4.74 Å². The van der Waals surface area contributed by atoms with E-state index in [1.54, 1.807) is 0 Å². The van der Waals surface area contributed by atoms with Crippen molar-refractivity contribution in [2.45, 2.75) is 58.2 Å². The lowest BCUT2D eigenvalue weighted by Crippen LogP contribution is -2.29. The van der Waals surface area contributed by atoms with Crippen LogP contribution in [0.2, 0.25) is 0 Å². The van der Waals surface area contributed by atoms with Crippen molar-refractivity contribution in [3.63, 3.8) is 0 Å². The molecule has 2 aromatic carbocycles. The molecule has 0 aromatic heterocycles. The van der Waals surface area contributed by atoms with Crippen molar-refractivity contribution in [3.8, 4) is 5.75 Å². The third kappa shape index (κ3) is 5.08. The molecule has 2 aromatic rings. The molecule has 32 heavy (non-hydrogen) atoms. The van der Waals surface area contributed by atoms with Gasteiger partial charge in [0.2, 0.25) is 0 Å². The summed E-state index contributed by atoms with van der Waals surface area (Å²) in [7, 11) is 0. The number of hydrogen-bond acceptors (Lipinski definition) is 2. The molecule has 4 rings (SSSR count). The summed E-state index contributed by atoms with van der Waals surface area (Å²) in [5.74, 6) is -4.94. The van der Waals surface area contributed by atoms with E-state index in [1.807, 2.05) is 0 Å². The van der Waals surface area contributed by atoms with Gasteiger partial charge in [-0.2, -0.15) is 0 Å². The van der Waals surface area contributed by atoms with E-state index in [0.29, 0.717) is 30.4 Å². The lowest BCUT2D eigenvalue weighted by Gasteiger charge is -2.37. The van der Waals surface area contributed by atoms with Gasteiger partial charge in [-0.15, -0.1) is 0 Å². The molecule has 0 radical (unpaired) electrons. The first kappa shape index (κ1) is 23.0. The minimum atomic E-state index is -1.61. The Bertz CT molecular complexity index is 901. The second-order valence-corrected chi connectivity index (χ2v) is 9.16. The fourth-order valence-corrected chi connectivity index (χ4v) is 4.91. The number of benzene rings is 2. The molecular formula is C25H27F5O2. The third-order valence-electron chi connectivity index (χ3n) is 6.86. The number of ether oxygens (including phenoxy) is 2. The van der Waals surface area contributed by atoms with Gasteiger partial charge in [0.25, 0.3) is 0 Å². The molecule has 1 aliphatic heterocycles. The maximum Gasteiger partial charge on any atom is 0.194 e. The minimum absolute atomic E-state index is 0.0805. The summed E-state index contributed by atoms with van der Waals surface area (Å²) in [4.78, 5) is 0. The van der Waals surface area contributed by atoms with Crippen LogP contribution in [-0.2, 0) is 11.3 Å². The molecule has 2 nitrogen and oxygen atoms in total. The van der Waals surface area contributed by atoms with Gasteiger partial charge in [-0.3, -0.25) is 0 Å². The molecule has 0 N–H and O–H groups in total. The summed E-state index contributed by atoms with van der Waals surface area (Å²) in [6, 6.07) is 3.80. The van der Waals surface area contributed by atoms with Crippen LogP contribution in [0.3, 0.4) is 0 Å². The maximum atomic E-state index is 14.6. The van der Waals surface area contributed by atoms with E-state index in [2.05, 4.69) is 6.92 Å². The highest BCUT2D eigenvalue weighted by atomic mass is 19.2. The van der Waals surface area contributed by atoms with E-state index in [-0.39, 0.29) is 11.7 Å². The zero-order chi connectivity index (χ0) is 22.8. The van der Waals surface area contributed by atoms with E-state index in [4.69, 9.17) is 9.47 Å². The molecule has 0 bridgehead atoms. The average molecular weight is 454 g/mol. The van der Waals surface area contributed by atoms with Crippen molar-refractivity contribution in [3.05, 3.63) is 64.5 Å². The Hall–Kier alpha value is -2.15. The van der Waals surface area contributed by atoms with Crippen molar-refractivity contribution in [2.75, 3.05) is 6.61 Å². The average Bonchev–Trinajstić information content (AvgIpc) is 2.77. The molecule has 2 aliphatic rings. The van der Waals surface area contributed by atoms with Gasteiger partial charge in [0.1, 0.15) is 6.61 Å². The molecule has 174 valence electrons. The van der Waals surface area contributed by atoms with Crippen molar-refractivity contribution >= 4 is 0 Å². The van der Waals surface area contributed by atoms with E-state index in [0.717, 1.165) is 24.5 Å². The van der Waals surface area contributed by atoms with Gasteiger partial charge in [-0.05, 0) is 78.8 Å². The highest BCUT2D eigenvalue weighted by Crippen LogP contribution is 2.41. The fraction of sp³-hybridized carbons (Fsp3) is 0.520.